The fourth-order valence-corrected chi connectivity index (χ4v) is 2.28. The number of hydrogen-bond donors (Lipinski definition) is 1. The van der Waals surface area contributed by atoms with E-state index in [0.29, 0.717) is 6.04 Å². The second-order valence-corrected chi connectivity index (χ2v) is 3.95. The molecule has 0 spiro atoms. The number of fused-ring (bicyclic) bond motifs is 1. The van der Waals surface area contributed by atoms with E-state index >= 15 is 0 Å². The molecule has 0 saturated carbocycles. The second-order valence-electron chi connectivity index (χ2n) is 3.95. The molecule has 0 saturated heterocycles. The Morgan fingerprint density at radius 1 is 1.62 bits per heavy atom. The van der Waals surface area contributed by atoms with Crippen LogP contribution in [0.1, 0.15) is 37.1 Å². The fraction of sp³-hybridized carbons (Fsp3) is 0.636. The fourth-order valence-electron chi connectivity index (χ4n) is 2.28. The van der Waals surface area contributed by atoms with Crippen molar-refractivity contribution >= 4 is 0 Å². The van der Waals surface area contributed by atoms with E-state index in [2.05, 4.69) is 36.1 Å². The summed E-state index contributed by atoms with van der Waals surface area (Å²) in [4.78, 5) is 5.81. The minimum absolute atomic E-state index is 0.653. The highest BCUT2D eigenvalue weighted by molar-refractivity contribution is 5.27. The molecule has 1 atom stereocenters. The van der Waals surface area contributed by atoms with Gasteiger partial charge in [0.2, 0.25) is 0 Å². The van der Waals surface area contributed by atoms with Gasteiger partial charge in [0.1, 0.15) is 0 Å². The van der Waals surface area contributed by atoms with Crippen LogP contribution >= 0.6 is 0 Å². The van der Waals surface area contributed by atoms with Crippen molar-refractivity contribution < 1.29 is 0 Å². The van der Waals surface area contributed by atoms with Crippen molar-refractivity contribution in [3.63, 3.8) is 0 Å². The smallest absolute Gasteiger partial charge is 0.0362 e. The number of rotatable bonds is 2. The van der Waals surface area contributed by atoms with Crippen LogP contribution in [-0.4, -0.2) is 23.5 Å². The van der Waals surface area contributed by atoms with Crippen molar-refractivity contribution in [2.75, 3.05) is 13.6 Å². The Kier molecular flexibility index (Phi) is 2.40. The van der Waals surface area contributed by atoms with Crippen molar-refractivity contribution in [3.05, 3.63) is 23.5 Å². The molecular weight excluding hydrogens is 160 g/mol. The number of likely N-dealkylation sites (N-methyl/N-ethyl adjacent to an activating group) is 1. The van der Waals surface area contributed by atoms with Gasteiger partial charge in [0, 0.05) is 30.9 Å². The standard InChI is InChI=1S/C11H18N2/c1-3-4-11-9-5-7-12-10(9)6-8-13(11)2/h5,7,11-12H,3-4,6,8H2,1-2H3/t11-/m0/s1. The van der Waals surface area contributed by atoms with E-state index in [1.54, 1.807) is 0 Å². The molecule has 2 heteroatoms. The number of nitrogens with zero attached hydrogens (tertiary/aromatic N) is 1. The van der Waals surface area contributed by atoms with Gasteiger partial charge in [-0.15, -0.1) is 0 Å². The highest BCUT2D eigenvalue weighted by Gasteiger charge is 2.24. The molecule has 0 aliphatic carbocycles. The first kappa shape index (κ1) is 8.82. The van der Waals surface area contributed by atoms with E-state index in [1.807, 2.05) is 0 Å². The molecule has 1 aliphatic heterocycles. The first-order valence-corrected chi connectivity index (χ1v) is 5.19. The molecule has 0 fully saturated rings. The normalized spacial score (nSPS) is 23.1. The first-order valence-electron chi connectivity index (χ1n) is 5.19. The van der Waals surface area contributed by atoms with Crippen LogP contribution in [-0.2, 0) is 6.42 Å². The SMILES string of the molecule is CCC[C@H]1c2cc[nH]c2CCN1C. The zero-order chi connectivity index (χ0) is 9.26. The maximum atomic E-state index is 3.34. The molecule has 1 N–H and O–H groups in total. The van der Waals surface area contributed by atoms with Gasteiger partial charge in [0.15, 0.2) is 0 Å². The predicted molar refractivity (Wildman–Crippen MR) is 54.8 cm³/mol. The highest BCUT2D eigenvalue weighted by atomic mass is 15.1. The molecule has 1 aromatic rings. The molecule has 0 radical (unpaired) electrons. The summed E-state index contributed by atoms with van der Waals surface area (Å²) in [6, 6.07) is 2.89. The number of aromatic amines is 1. The average Bonchev–Trinajstić information content (AvgIpc) is 2.58. The Hall–Kier alpha value is -0.760. The summed E-state index contributed by atoms with van der Waals surface area (Å²) in [7, 11) is 2.23. The lowest BCUT2D eigenvalue weighted by atomic mass is 9.96. The van der Waals surface area contributed by atoms with Gasteiger partial charge < -0.3 is 4.98 Å². The summed E-state index contributed by atoms with van der Waals surface area (Å²) in [5.74, 6) is 0. The minimum Gasteiger partial charge on any atom is -0.365 e. The Morgan fingerprint density at radius 3 is 3.23 bits per heavy atom. The van der Waals surface area contributed by atoms with Gasteiger partial charge in [-0.2, -0.15) is 0 Å². The van der Waals surface area contributed by atoms with Crippen LogP contribution < -0.4 is 0 Å². The molecule has 2 nitrogen and oxygen atoms in total. The van der Waals surface area contributed by atoms with Crippen molar-refractivity contribution in [1.82, 2.24) is 9.88 Å². The van der Waals surface area contributed by atoms with E-state index in [0.717, 1.165) is 0 Å². The van der Waals surface area contributed by atoms with Gasteiger partial charge in [-0.3, -0.25) is 4.90 Å². The van der Waals surface area contributed by atoms with E-state index < -0.39 is 0 Å². The van der Waals surface area contributed by atoms with Crippen LogP contribution in [0.25, 0.3) is 0 Å². The third-order valence-electron chi connectivity index (χ3n) is 3.04. The van der Waals surface area contributed by atoms with Crippen LogP contribution in [0.2, 0.25) is 0 Å². The number of nitrogens with one attached hydrogen (secondary N) is 1. The second kappa shape index (κ2) is 3.54. The van der Waals surface area contributed by atoms with Gasteiger partial charge in [-0.25, -0.2) is 0 Å². The van der Waals surface area contributed by atoms with Crippen LogP contribution in [0, 0.1) is 0 Å². The molecule has 0 amide bonds. The zero-order valence-electron chi connectivity index (χ0n) is 8.51. The maximum Gasteiger partial charge on any atom is 0.0362 e. The molecule has 0 aromatic carbocycles. The summed E-state index contributed by atoms with van der Waals surface area (Å²) in [6.07, 6.45) is 5.80. The van der Waals surface area contributed by atoms with Crippen LogP contribution in [0.15, 0.2) is 12.3 Å². The summed E-state index contributed by atoms with van der Waals surface area (Å²) >= 11 is 0. The quantitative estimate of drug-likeness (QED) is 0.736. The lowest BCUT2D eigenvalue weighted by molar-refractivity contribution is 0.217. The third-order valence-corrected chi connectivity index (χ3v) is 3.04. The Labute approximate surface area is 79.9 Å². The largest absolute Gasteiger partial charge is 0.365 e. The van der Waals surface area contributed by atoms with Crippen LogP contribution in [0.5, 0.6) is 0 Å². The summed E-state index contributed by atoms with van der Waals surface area (Å²) < 4.78 is 0. The molecule has 0 bridgehead atoms. The topological polar surface area (TPSA) is 19.0 Å². The molecule has 2 heterocycles. The number of aromatic nitrogens is 1. The molecule has 0 unspecified atom stereocenters. The number of hydrogen-bond acceptors (Lipinski definition) is 1. The summed E-state index contributed by atoms with van der Waals surface area (Å²) in [5, 5.41) is 0. The Balaban J connectivity index is 2.25. The lowest BCUT2D eigenvalue weighted by Gasteiger charge is -2.32. The van der Waals surface area contributed by atoms with Crippen molar-refractivity contribution in [1.29, 1.82) is 0 Å². The van der Waals surface area contributed by atoms with Gasteiger partial charge in [0.05, 0.1) is 0 Å². The van der Waals surface area contributed by atoms with Gasteiger partial charge >= 0.3 is 0 Å². The van der Waals surface area contributed by atoms with Gasteiger partial charge in [-0.1, -0.05) is 13.3 Å². The average molecular weight is 178 g/mol. The predicted octanol–water partition coefficient (Wildman–Crippen LogP) is 2.34. The van der Waals surface area contributed by atoms with Crippen molar-refractivity contribution in [3.8, 4) is 0 Å². The Bertz CT molecular complexity index is 277. The summed E-state index contributed by atoms with van der Waals surface area (Å²) in [6.45, 7) is 3.45. The molecular formula is C11H18N2. The maximum absolute atomic E-state index is 3.34. The summed E-state index contributed by atoms with van der Waals surface area (Å²) in [5.41, 5.74) is 2.98. The van der Waals surface area contributed by atoms with Crippen LogP contribution in [0.4, 0.5) is 0 Å². The van der Waals surface area contributed by atoms with E-state index in [-0.39, 0.29) is 0 Å². The van der Waals surface area contributed by atoms with E-state index in [4.69, 9.17) is 0 Å². The molecule has 1 aromatic heterocycles. The van der Waals surface area contributed by atoms with E-state index in [1.165, 1.54) is 37.1 Å². The Morgan fingerprint density at radius 2 is 2.46 bits per heavy atom. The van der Waals surface area contributed by atoms with Crippen molar-refractivity contribution in [2.45, 2.75) is 32.2 Å². The molecule has 72 valence electrons. The third kappa shape index (κ3) is 1.51. The van der Waals surface area contributed by atoms with Gasteiger partial charge in [-0.05, 0) is 25.1 Å². The molecule has 1 aliphatic rings. The monoisotopic (exact) mass is 178 g/mol. The molecule has 2 rings (SSSR count). The van der Waals surface area contributed by atoms with Gasteiger partial charge in [0.25, 0.3) is 0 Å². The first-order chi connectivity index (χ1) is 6.33. The highest BCUT2D eigenvalue weighted by Crippen LogP contribution is 2.30. The minimum atomic E-state index is 0.653. The van der Waals surface area contributed by atoms with Crippen LogP contribution in [0.3, 0.4) is 0 Å². The number of H-pyrrole nitrogens is 1. The lowest BCUT2D eigenvalue weighted by Crippen LogP contribution is -2.31. The zero-order valence-corrected chi connectivity index (χ0v) is 8.51. The molecule has 13 heavy (non-hydrogen) atoms. The van der Waals surface area contributed by atoms with Crippen molar-refractivity contribution in [2.24, 2.45) is 0 Å². The van der Waals surface area contributed by atoms with E-state index in [9.17, 15) is 0 Å².